The summed E-state index contributed by atoms with van der Waals surface area (Å²) in [5, 5.41) is 4.18. The number of aromatic nitrogens is 1. The first-order chi connectivity index (χ1) is 10.6. The van der Waals surface area contributed by atoms with Crippen LogP contribution >= 0.6 is 0 Å². The Morgan fingerprint density at radius 3 is 2.91 bits per heavy atom. The molecule has 1 aliphatic heterocycles. The van der Waals surface area contributed by atoms with Gasteiger partial charge in [0.1, 0.15) is 5.75 Å². The molecule has 4 rings (SSSR count). The third-order valence-electron chi connectivity index (χ3n) is 4.43. The van der Waals surface area contributed by atoms with Crippen LogP contribution in [0.5, 0.6) is 5.75 Å². The maximum absolute atomic E-state index is 5.82. The zero-order valence-electron chi connectivity index (χ0n) is 12.8. The van der Waals surface area contributed by atoms with E-state index in [-0.39, 0.29) is 5.60 Å². The number of fused-ring (bicyclic) bond motifs is 2. The van der Waals surface area contributed by atoms with Gasteiger partial charge in [0.15, 0.2) is 5.60 Å². The van der Waals surface area contributed by atoms with Crippen molar-refractivity contribution in [3.63, 3.8) is 0 Å². The minimum absolute atomic E-state index is 0.337. The second-order valence-electron chi connectivity index (χ2n) is 6.15. The van der Waals surface area contributed by atoms with E-state index in [0.29, 0.717) is 18.1 Å². The Morgan fingerprint density at radius 1 is 1.18 bits per heavy atom. The van der Waals surface area contributed by atoms with Crippen molar-refractivity contribution in [1.29, 1.82) is 0 Å². The fourth-order valence-electron chi connectivity index (χ4n) is 3.28. The molecule has 0 radical (unpaired) electrons. The summed E-state index contributed by atoms with van der Waals surface area (Å²) in [4.78, 5) is 10.1. The molecule has 4 nitrogen and oxygen atoms in total. The van der Waals surface area contributed by atoms with Crippen molar-refractivity contribution in [1.82, 2.24) is 4.98 Å². The molecular formula is C18H18N2O2. The minimum atomic E-state index is -0.337. The molecule has 1 spiro atoms. The molecule has 0 unspecified atom stereocenters. The molecule has 0 saturated heterocycles. The van der Waals surface area contributed by atoms with Crippen molar-refractivity contribution in [2.75, 3.05) is 0 Å². The van der Waals surface area contributed by atoms with Crippen molar-refractivity contribution in [3.8, 4) is 5.75 Å². The largest absolute Gasteiger partial charge is 0.438 e. The molecule has 2 aromatic rings. The molecule has 0 amide bonds. The highest BCUT2D eigenvalue weighted by Gasteiger charge is 2.46. The van der Waals surface area contributed by atoms with Crippen LogP contribution in [0.3, 0.4) is 0 Å². The van der Waals surface area contributed by atoms with Gasteiger partial charge in [0.2, 0.25) is 5.90 Å². The second-order valence-corrected chi connectivity index (χ2v) is 6.15. The lowest BCUT2D eigenvalue weighted by Crippen LogP contribution is -2.24. The van der Waals surface area contributed by atoms with Crippen molar-refractivity contribution in [2.45, 2.75) is 38.7 Å². The van der Waals surface area contributed by atoms with E-state index >= 15 is 0 Å². The number of nitrogens with zero attached hydrogens (tertiary/aromatic N) is 2. The van der Waals surface area contributed by atoms with Crippen LogP contribution in [0.25, 0.3) is 0 Å². The fraction of sp³-hybridized carbons (Fsp3) is 0.333. The van der Waals surface area contributed by atoms with Gasteiger partial charge in [-0.3, -0.25) is 4.98 Å². The molecule has 22 heavy (non-hydrogen) atoms. The lowest BCUT2D eigenvalue weighted by Gasteiger charge is -2.21. The summed E-state index contributed by atoms with van der Waals surface area (Å²) in [6.45, 7) is 4.07. The SMILES string of the molecule is Cc1ccc2c(c1)CC[C@@]21CC(Oc2ccc(C)nc2)=NO1. The van der Waals surface area contributed by atoms with Crippen LogP contribution in [-0.4, -0.2) is 10.9 Å². The monoisotopic (exact) mass is 294 g/mol. The Hall–Kier alpha value is -2.36. The van der Waals surface area contributed by atoms with Crippen LogP contribution in [0.15, 0.2) is 41.7 Å². The van der Waals surface area contributed by atoms with Crippen LogP contribution in [0, 0.1) is 13.8 Å². The molecule has 0 fully saturated rings. The van der Waals surface area contributed by atoms with Crippen LogP contribution in [0.4, 0.5) is 0 Å². The second kappa shape index (κ2) is 4.83. The van der Waals surface area contributed by atoms with Gasteiger partial charge in [0, 0.05) is 11.3 Å². The van der Waals surface area contributed by atoms with Gasteiger partial charge in [-0.15, -0.1) is 0 Å². The number of oxime groups is 1. The van der Waals surface area contributed by atoms with E-state index in [1.807, 2.05) is 19.1 Å². The third kappa shape index (κ3) is 2.15. The van der Waals surface area contributed by atoms with Gasteiger partial charge in [-0.25, -0.2) is 0 Å². The predicted octanol–water partition coefficient (Wildman–Crippen LogP) is 3.65. The molecule has 1 aromatic carbocycles. The number of aryl methyl sites for hydroxylation is 3. The van der Waals surface area contributed by atoms with Crippen LogP contribution in [-0.2, 0) is 16.9 Å². The van der Waals surface area contributed by atoms with Crippen molar-refractivity contribution >= 4 is 5.90 Å². The number of benzene rings is 1. The number of hydrogen-bond acceptors (Lipinski definition) is 4. The van der Waals surface area contributed by atoms with E-state index in [9.17, 15) is 0 Å². The van der Waals surface area contributed by atoms with E-state index in [2.05, 4.69) is 35.3 Å². The lowest BCUT2D eigenvalue weighted by molar-refractivity contribution is -0.0215. The zero-order valence-corrected chi connectivity index (χ0v) is 12.8. The van der Waals surface area contributed by atoms with Gasteiger partial charge in [0.05, 0.1) is 12.6 Å². The summed E-state index contributed by atoms with van der Waals surface area (Å²) in [6, 6.07) is 10.4. The summed E-state index contributed by atoms with van der Waals surface area (Å²) in [5.74, 6) is 1.33. The van der Waals surface area contributed by atoms with E-state index in [0.717, 1.165) is 18.5 Å². The van der Waals surface area contributed by atoms with Crippen molar-refractivity contribution in [3.05, 3.63) is 58.9 Å². The van der Waals surface area contributed by atoms with Gasteiger partial charge in [0.25, 0.3) is 0 Å². The molecule has 1 atom stereocenters. The van der Waals surface area contributed by atoms with Gasteiger partial charge >= 0.3 is 0 Å². The molecule has 0 bridgehead atoms. The highest BCUT2D eigenvalue weighted by atomic mass is 16.7. The zero-order chi connectivity index (χ0) is 15.2. The number of ether oxygens (including phenoxy) is 1. The number of pyridine rings is 1. The van der Waals surface area contributed by atoms with E-state index < -0.39 is 0 Å². The van der Waals surface area contributed by atoms with Crippen molar-refractivity contribution in [2.24, 2.45) is 5.16 Å². The van der Waals surface area contributed by atoms with Gasteiger partial charge in [-0.1, -0.05) is 28.9 Å². The smallest absolute Gasteiger partial charge is 0.235 e. The first-order valence-electron chi connectivity index (χ1n) is 7.60. The Balaban J connectivity index is 1.54. The Bertz CT molecular complexity index is 752. The van der Waals surface area contributed by atoms with Gasteiger partial charge < -0.3 is 9.57 Å². The third-order valence-corrected chi connectivity index (χ3v) is 4.43. The molecule has 1 aromatic heterocycles. The first kappa shape index (κ1) is 13.3. The topological polar surface area (TPSA) is 43.7 Å². The molecule has 112 valence electrons. The summed E-state index contributed by atoms with van der Waals surface area (Å²) in [5.41, 5.74) is 4.54. The van der Waals surface area contributed by atoms with Gasteiger partial charge in [-0.2, -0.15) is 0 Å². The summed E-state index contributed by atoms with van der Waals surface area (Å²) in [6.07, 6.45) is 4.38. The number of rotatable bonds is 1. The first-order valence-corrected chi connectivity index (χ1v) is 7.60. The van der Waals surface area contributed by atoms with E-state index in [1.165, 1.54) is 16.7 Å². The average Bonchev–Trinajstić information content (AvgIpc) is 3.07. The molecular weight excluding hydrogens is 276 g/mol. The molecule has 4 heteroatoms. The standard InChI is InChI=1S/C18H18N2O2/c1-12-3-6-16-14(9-12)7-8-18(16)10-17(20-22-18)21-15-5-4-13(2)19-11-15/h3-6,9,11H,7-8,10H2,1-2H3/t18-/m1/s1. The highest BCUT2D eigenvalue weighted by Crippen LogP contribution is 2.46. The minimum Gasteiger partial charge on any atom is -0.438 e. The molecule has 1 aliphatic carbocycles. The highest BCUT2D eigenvalue weighted by molar-refractivity contribution is 5.81. The van der Waals surface area contributed by atoms with Crippen LogP contribution in [0.1, 0.15) is 35.2 Å². The normalized spacial score (nSPS) is 22.4. The quantitative estimate of drug-likeness (QED) is 0.806. The van der Waals surface area contributed by atoms with Crippen LogP contribution in [0.2, 0.25) is 0 Å². The Kier molecular flexibility index (Phi) is 2.93. The van der Waals surface area contributed by atoms with E-state index in [1.54, 1.807) is 6.20 Å². The molecule has 2 heterocycles. The average molecular weight is 294 g/mol. The summed E-state index contributed by atoms with van der Waals surface area (Å²) >= 11 is 0. The van der Waals surface area contributed by atoms with Gasteiger partial charge in [-0.05, 0) is 44.4 Å². The van der Waals surface area contributed by atoms with E-state index in [4.69, 9.17) is 9.57 Å². The summed E-state index contributed by atoms with van der Waals surface area (Å²) < 4.78 is 5.82. The Labute approximate surface area is 129 Å². The maximum Gasteiger partial charge on any atom is 0.235 e. The maximum atomic E-state index is 5.82. The molecule has 2 aliphatic rings. The predicted molar refractivity (Wildman–Crippen MR) is 83.9 cm³/mol. The lowest BCUT2D eigenvalue weighted by atomic mass is 9.92. The van der Waals surface area contributed by atoms with Crippen LogP contribution < -0.4 is 4.74 Å². The Morgan fingerprint density at radius 2 is 2.09 bits per heavy atom. The summed E-state index contributed by atoms with van der Waals surface area (Å²) in [7, 11) is 0. The fourth-order valence-corrected chi connectivity index (χ4v) is 3.28. The number of hydrogen-bond donors (Lipinski definition) is 0. The van der Waals surface area contributed by atoms with Crippen molar-refractivity contribution < 1.29 is 9.57 Å². The molecule has 0 saturated carbocycles. The molecule has 0 N–H and O–H groups in total.